The maximum atomic E-state index is 9.46. The van der Waals surface area contributed by atoms with Gasteiger partial charge in [-0.05, 0) is 32.4 Å². The zero-order valence-corrected chi connectivity index (χ0v) is 11.6. The van der Waals surface area contributed by atoms with E-state index in [1.165, 1.54) is 5.57 Å². The number of aromatic nitrogens is 1. The van der Waals surface area contributed by atoms with Crippen LogP contribution in [0.5, 0.6) is 0 Å². The molecule has 1 aromatic rings. The van der Waals surface area contributed by atoms with Crippen LogP contribution >= 0.6 is 0 Å². The molecule has 3 heteroatoms. The zero-order chi connectivity index (χ0) is 13.4. The van der Waals surface area contributed by atoms with Gasteiger partial charge in [0.2, 0.25) is 0 Å². The molecule has 0 aromatic carbocycles. The van der Waals surface area contributed by atoms with Crippen LogP contribution in [0.3, 0.4) is 0 Å². The fourth-order valence-electron chi connectivity index (χ4n) is 1.85. The summed E-state index contributed by atoms with van der Waals surface area (Å²) in [4.78, 5) is 6.63. The monoisotopic (exact) mass is 248 g/mol. The predicted octanol–water partition coefficient (Wildman–Crippen LogP) is 2.62. The van der Waals surface area contributed by atoms with Crippen molar-refractivity contribution in [2.24, 2.45) is 0 Å². The number of aliphatic hydroxyl groups is 1. The van der Waals surface area contributed by atoms with Crippen molar-refractivity contribution >= 4 is 0 Å². The Hall–Kier alpha value is -1.19. The molecule has 1 N–H and O–H groups in total. The first kappa shape index (κ1) is 14.9. The second-order valence-corrected chi connectivity index (χ2v) is 4.78. The molecule has 1 rings (SSSR count). The number of pyridine rings is 1. The molecule has 0 unspecified atom stereocenters. The van der Waals surface area contributed by atoms with Gasteiger partial charge in [0.15, 0.2) is 0 Å². The number of nitrogens with zero attached hydrogens (tertiary/aromatic N) is 2. The van der Waals surface area contributed by atoms with Crippen LogP contribution in [0.15, 0.2) is 36.0 Å². The molecular weight excluding hydrogens is 224 g/mol. The van der Waals surface area contributed by atoms with Crippen molar-refractivity contribution in [2.45, 2.75) is 39.8 Å². The molecule has 100 valence electrons. The summed E-state index contributed by atoms with van der Waals surface area (Å²) < 4.78 is 0. The van der Waals surface area contributed by atoms with E-state index in [2.05, 4.69) is 36.7 Å². The highest BCUT2D eigenvalue weighted by molar-refractivity contribution is 5.04. The van der Waals surface area contributed by atoms with E-state index in [1.807, 2.05) is 24.4 Å². The lowest BCUT2D eigenvalue weighted by Crippen LogP contribution is -2.37. The predicted molar refractivity (Wildman–Crippen MR) is 75.2 cm³/mol. The van der Waals surface area contributed by atoms with Gasteiger partial charge in [-0.1, -0.05) is 24.6 Å². The largest absolute Gasteiger partial charge is 0.395 e. The molecule has 1 heterocycles. The highest BCUT2D eigenvalue weighted by atomic mass is 16.3. The summed E-state index contributed by atoms with van der Waals surface area (Å²) in [6.07, 6.45) is 4.95. The van der Waals surface area contributed by atoms with E-state index >= 15 is 0 Å². The third kappa shape index (κ3) is 4.98. The van der Waals surface area contributed by atoms with Gasteiger partial charge in [-0.3, -0.25) is 9.88 Å². The summed E-state index contributed by atoms with van der Waals surface area (Å²) in [7, 11) is 0. The van der Waals surface area contributed by atoms with Gasteiger partial charge in [-0.15, -0.1) is 0 Å². The quantitative estimate of drug-likeness (QED) is 0.754. The van der Waals surface area contributed by atoms with Crippen molar-refractivity contribution in [2.75, 3.05) is 13.2 Å². The van der Waals surface area contributed by atoms with Crippen LogP contribution < -0.4 is 0 Å². The number of hydrogen-bond acceptors (Lipinski definition) is 3. The Balaban J connectivity index is 2.73. The van der Waals surface area contributed by atoms with E-state index in [0.717, 1.165) is 25.2 Å². The molecule has 0 bridgehead atoms. The minimum absolute atomic E-state index is 0.194. The van der Waals surface area contributed by atoms with Gasteiger partial charge < -0.3 is 5.11 Å². The smallest absolute Gasteiger partial charge is 0.0587 e. The SMILES string of the molecule is CC[C@@H](CO)N(CC=C(C)C)Cc1ccccn1. The molecule has 18 heavy (non-hydrogen) atoms. The van der Waals surface area contributed by atoms with Crippen molar-refractivity contribution in [1.29, 1.82) is 0 Å². The standard InChI is InChI=1S/C15H24N2O/c1-4-15(12-18)17(10-8-13(2)3)11-14-7-5-6-9-16-14/h5-9,15,18H,4,10-12H2,1-3H3/t15-/m0/s1. The Morgan fingerprint density at radius 3 is 2.72 bits per heavy atom. The van der Waals surface area contributed by atoms with Crippen molar-refractivity contribution in [3.05, 3.63) is 41.7 Å². The first-order chi connectivity index (χ1) is 8.67. The summed E-state index contributed by atoms with van der Waals surface area (Å²) >= 11 is 0. The Bertz CT molecular complexity index is 354. The zero-order valence-electron chi connectivity index (χ0n) is 11.6. The normalized spacial score (nSPS) is 12.5. The summed E-state index contributed by atoms with van der Waals surface area (Å²) in [5.74, 6) is 0. The molecule has 0 aliphatic rings. The number of aliphatic hydroxyl groups excluding tert-OH is 1. The molecule has 0 aliphatic carbocycles. The second-order valence-electron chi connectivity index (χ2n) is 4.78. The van der Waals surface area contributed by atoms with Crippen molar-refractivity contribution in [3.8, 4) is 0 Å². The fourth-order valence-corrected chi connectivity index (χ4v) is 1.85. The Labute approximate surface area is 110 Å². The minimum Gasteiger partial charge on any atom is -0.395 e. The van der Waals surface area contributed by atoms with E-state index in [4.69, 9.17) is 0 Å². The van der Waals surface area contributed by atoms with E-state index in [9.17, 15) is 5.11 Å². The van der Waals surface area contributed by atoms with Gasteiger partial charge in [-0.2, -0.15) is 0 Å². The highest BCUT2D eigenvalue weighted by Gasteiger charge is 2.15. The van der Waals surface area contributed by atoms with Crippen LogP contribution in [0, 0.1) is 0 Å². The van der Waals surface area contributed by atoms with Crippen molar-refractivity contribution in [1.82, 2.24) is 9.88 Å². The lowest BCUT2D eigenvalue weighted by atomic mass is 10.1. The Morgan fingerprint density at radius 2 is 2.22 bits per heavy atom. The third-order valence-electron chi connectivity index (χ3n) is 3.02. The average molecular weight is 248 g/mol. The first-order valence-electron chi connectivity index (χ1n) is 6.55. The molecule has 0 saturated heterocycles. The van der Waals surface area contributed by atoms with E-state index in [1.54, 1.807) is 0 Å². The van der Waals surface area contributed by atoms with Crippen molar-refractivity contribution in [3.63, 3.8) is 0 Å². The molecule has 0 saturated carbocycles. The van der Waals surface area contributed by atoms with Crippen LogP contribution in [0.25, 0.3) is 0 Å². The summed E-state index contributed by atoms with van der Waals surface area (Å²) in [6, 6.07) is 6.15. The molecule has 0 fully saturated rings. The summed E-state index contributed by atoms with van der Waals surface area (Å²) in [6.45, 7) is 8.13. The van der Waals surface area contributed by atoms with Crippen molar-refractivity contribution < 1.29 is 5.11 Å². The van der Waals surface area contributed by atoms with Gasteiger partial charge in [-0.25, -0.2) is 0 Å². The van der Waals surface area contributed by atoms with E-state index < -0.39 is 0 Å². The van der Waals surface area contributed by atoms with Crippen LogP contribution in [-0.4, -0.2) is 34.2 Å². The fraction of sp³-hybridized carbons (Fsp3) is 0.533. The molecule has 1 aromatic heterocycles. The van der Waals surface area contributed by atoms with Gasteiger partial charge in [0.1, 0.15) is 0 Å². The maximum absolute atomic E-state index is 9.46. The average Bonchev–Trinajstić information content (AvgIpc) is 2.38. The Kier molecular flexibility index (Phi) is 6.61. The molecular formula is C15H24N2O. The minimum atomic E-state index is 0.194. The number of rotatable bonds is 7. The van der Waals surface area contributed by atoms with Gasteiger partial charge in [0.25, 0.3) is 0 Å². The summed E-state index contributed by atoms with van der Waals surface area (Å²) in [5.41, 5.74) is 2.35. The topological polar surface area (TPSA) is 36.4 Å². The number of allylic oxidation sites excluding steroid dienone is 1. The van der Waals surface area contributed by atoms with Crippen LogP contribution in [0.4, 0.5) is 0 Å². The lowest BCUT2D eigenvalue weighted by molar-refractivity contribution is 0.123. The Morgan fingerprint density at radius 1 is 1.44 bits per heavy atom. The highest BCUT2D eigenvalue weighted by Crippen LogP contribution is 2.09. The molecule has 3 nitrogen and oxygen atoms in total. The number of hydrogen-bond donors (Lipinski definition) is 1. The van der Waals surface area contributed by atoms with Crippen LogP contribution in [0.1, 0.15) is 32.9 Å². The third-order valence-corrected chi connectivity index (χ3v) is 3.02. The summed E-state index contributed by atoms with van der Waals surface area (Å²) in [5, 5.41) is 9.46. The van der Waals surface area contributed by atoms with Gasteiger partial charge in [0.05, 0.1) is 12.3 Å². The van der Waals surface area contributed by atoms with Crippen LogP contribution in [-0.2, 0) is 6.54 Å². The van der Waals surface area contributed by atoms with E-state index in [-0.39, 0.29) is 12.6 Å². The van der Waals surface area contributed by atoms with Gasteiger partial charge in [0, 0.05) is 25.3 Å². The molecule has 0 amide bonds. The molecule has 0 aliphatic heterocycles. The van der Waals surface area contributed by atoms with E-state index in [0.29, 0.717) is 0 Å². The lowest BCUT2D eigenvalue weighted by Gasteiger charge is -2.28. The maximum Gasteiger partial charge on any atom is 0.0587 e. The van der Waals surface area contributed by atoms with Crippen LogP contribution in [0.2, 0.25) is 0 Å². The van der Waals surface area contributed by atoms with Gasteiger partial charge >= 0.3 is 0 Å². The first-order valence-corrected chi connectivity index (χ1v) is 6.55. The molecule has 0 radical (unpaired) electrons. The molecule has 1 atom stereocenters. The molecule has 0 spiro atoms. The second kappa shape index (κ2) is 8.01.